The van der Waals surface area contributed by atoms with E-state index in [-0.39, 0.29) is 72.4 Å². The van der Waals surface area contributed by atoms with Gasteiger partial charge in [-0.15, -0.1) is 0 Å². The molecule has 1 aliphatic heterocycles. The first-order valence-electron chi connectivity index (χ1n) is 23.3. The highest BCUT2D eigenvalue weighted by atomic mass is 32.2. The Bertz CT molecular complexity index is 2490. The summed E-state index contributed by atoms with van der Waals surface area (Å²) in [5.74, 6) is -2.68. The molecular weight excluding hydrogens is 1060 g/mol. The van der Waals surface area contributed by atoms with Crippen LogP contribution in [0.3, 0.4) is 0 Å². The first kappa shape index (κ1) is 62.6. The fourth-order valence-electron chi connectivity index (χ4n) is 7.52. The lowest BCUT2D eigenvalue weighted by atomic mass is 9.87. The van der Waals surface area contributed by atoms with E-state index in [0.29, 0.717) is 6.42 Å². The third-order valence-electron chi connectivity index (χ3n) is 11.4. The second kappa shape index (κ2) is 29.0. The van der Waals surface area contributed by atoms with E-state index < -0.39 is 109 Å². The van der Waals surface area contributed by atoms with E-state index in [1.807, 2.05) is 18.2 Å². The summed E-state index contributed by atoms with van der Waals surface area (Å²) in [6.45, 7) is 2.27. The highest BCUT2D eigenvalue weighted by Gasteiger charge is 2.50. The number of nitrogen functional groups attached to an aromatic ring is 1. The molecule has 0 bridgehead atoms. The number of nitrogens with two attached hydrogens (primary N) is 1. The van der Waals surface area contributed by atoms with Crippen molar-refractivity contribution >= 4 is 74.9 Å². The number of ketones is 1. The van der Waals surface area contributed by atoms with Gasteiger partial charge in [0.25, 0.3) is 0 Å². The van der Waals surface area contributed by atoms with Crippen molar-refractivity contribution < 1.29 is 95.5 Å². The minimum atomic E-state index is -5.61. The molecule has 3 heterocycles. The number of allylic oxidation sites excluding steroid dienone is 6. The van der Waals surface area contributed by atoms with Crippen LogP contribution in [0.5, 0.6) is 0 Å². The van der Waals surface area contributed by atoms with E-state index >= 15 is 0 Å². The fraction of sp³-hybridized carbons (Fsp3) is 0.605. The zero-order chi connectivity index (χ0) is 54.9. The summed E-state index contributed by atoms with van der Waals surface area (Å²) in [6.07, 6.45) is 9.53. The van der Waals surface area contributed by atoms with Crippen LogP contribution >= 0.6 is 35.2 Å². The van der Waals surface area contributed by atoms with Crippen LogP contribution in [0.4, 0.5) is 5.82 Å². The number of ether oxygens (including phenoxy) is 1. The number of aromatic nitrogens is 4. The van der Waals surface area contributed by atoms with Crippen molar-refractivity contribution in [2.45, 2.75) is 115 Å². The number of hydrogen-bond donors (Lipinski definition) is 11. The predicted molar refractivity (Wildman–Crippen MR) is 266 cm³/mol. The van der Waals surface area contributed by atoms with Gasteiger partial charge in [0.2, 0.25) is 11.8 Å². The molecule has 27 nitrogen and oxygen atoms in total. The van der Waals surface area contributed by atoms with E-state index in [1.54, 1.807) is 6.08 Å². The number of rotatable bonds is 31. The Balaban J connectivity index is 1.13. The summed E-state index contributed by atoms with van der Waals surface area (Å²) in [7, 11) is -16.5. The number of nitrogens with one attached hydrogen (secondary N) is 2. The van der Waals surface area contributed by atoms with E-state index in [2.05, 4.69) is 59.6 Å². The molecule has 0 spiro atoms. The highest BCUT2D eigenvalue weighted by molar-refractivity contribution is 8.13. The number of imidazole rings is 1. The van der Waals surface area contributed by atoms with Crippen molar-refractivity contribution in [3.8, 4) is 0 Å². The van der Waals surface area contributed by atoms with E-state index in [4.69, 9.17) is 19.5 Å². The van der Waals surface area contributed by atoms with Crippen LogP contribution in [0.1, 0.15) is 78.4 Å². The van der Waals surface area contributed by atoms with Gasteiger partial charge in [0, 0.05) is 49.4 Å². The molecule has 0 aromatic carbocycles. The van der Waals surface area contributed by atoms with Gasteiger partial charge in [-0.3, -0.25) is 37.3 Å². The number of carbonyl (C=O) groups is 4. The molecule has 414 valence electrons. The Morgan fingerprint density at radius 2 is 1.64 bits per heavy atom. The number of anilines is 1. The molecule has 11 unspecified atom stereocenters. The first-order valence-corrected chi connectivity index (χ1v) is 28.8. The number of aliphatic hydroxyl groups is 4. The molecule has 2 aromatic rings. The molecular formula is C43H66N7O20P3S. The molecule has 4 rings (SSSR count). The third-order valence-corrected chi connectivity index (χ3v) is 15.4. The summed E-state index contributed by atoms with van der Waals surface area (Å²) in [4.78, 5) is 102. The number of fused-ring (bicyclic) bond motifs is 1. The van der Waals surface area contributed by atoms with Gasteiger partial charge in [-0.2, -0.15) is 4.31 Å². The Hall–Kier alpha value is -3.89. The van der Waals surface area contributed by atoms with Crippen LogP contribution in [0.25, 0.3) is 11.2 Å². The standard InChI is InChI=1S/C43H66N7O20P3S/c1-4-5-6-7-8-9-10-11-12-13-27(51)14-15-28-29(31(53)22-30(28)52)16-17-34(55)74-21-20-45-33(54)18-19-46-41(58)38(57)43(2,3)24-67-73(64,65)70-72(62,63)66-23-32-37(69-71(59,60)61)36(56)42(68-32)50-26-49-35-39(44)47-25-48-40(35)50/h5-6,8-9,11-12,14-15,25-29,31-32,36-38,42,51,53,56-57H,4,7,10,13,16-24H2,1-3H3,(H,45,54)(H,46,58)(H,62,63)(H,64,65)(H2,44,47,48)(H2,59,60,61)/b6-5+,9-8+,12-11+,15-14+. The second-order valence-electron chi connectivity index (χ2n) is 17.7. The maximum Gasteiger partial charge on any atom is 0.481 e. The molecule has 1 saturated carbocycles. The van der Waals surface area contributed by atoms with E-state index in [1.165, 1.54) is 19.9 Å². The van der Waals surface area contributed by atoms with Crippen LogP contribution < -0.4 is 16.4 Å². The number of amides is 2. The Kier molecular flexibility index (Phi) is 24.6. The number of phosphoric acid groups is 3. The summed E-state index contributed by atoms with van der Waals surface area (Å²) in [5.41, 5.74) is 4.20. The van der Waals surface area contributed by atoms with Crippen LogP contribution in [-0.2, 0) is 55.5 Å². The molecule has 2 amide bonds. The zero-order valence-corrected chi connectivity index (χ0v) is 44.3. The lowest BCUT2D eigenvalue weighted by Crippen LogP contribution is -2.46. The molecule has 2 aromatic heterocycles. The number of phosphoric ester groups is 3. The number of Topliss-reactive ketones (excluding diaryl/α,β-unsaturated/α-hetero) is 1. The molecule has 11 atom stereocenters. The average Bonchev–Trinajstić information content (AvgIpc) is 3.97. The van der Waals surface area contributed by atoms with Crippen molar-refractivity contribution in [2.24, 2.45) is 17.3 Å². The molecule has 1 saturated heterocycles. The van der Waals surface area contributed by atoms with Gasteiger partial charge in [-0.25, -0.2) is 28.6 Å². The van der Waals surface area contributed by atoms with E-state index in [0.717, 1.165) is 48.2 Å². The van der Waals surface area contributed by atoms with E-state index in [9.17, 15) is 72.9 Å². The predicted octanol–water partition coefficient (Wildman–Crippen LogP) is 2.18. The van der Waals surface area contributed by atoms with Crippen LogP contribution in [0.15, 0.2) is 61.3 Å². The average molecular weight is 1130 g/mol. The number of carbonyl (C=O) groups excluding carboxylic acids is 4. The molecule has 12 N–H and O–H groups in total. The van der Waals surface area contributed by atoms with Gasteiger partial charge in [-0.05, 0) is 38.0 Å². The Morgan fingerprint density at radius 1 is 0.959 bits per heavy atom. The lowest BCUT2D eigenvalue weighted by molar-refractivity contribution is -0.137. The van der Waals surface area contributed by atoms with Gasteiger partial charge in [-0.1, -0.05) is 81.1 Å². The Labute approximate surface area is 430 Å². The molecule has 74 heavy (non-hydrogen) atoms. The number of nitrogens with zero attached hydrogens (tertiary/aromatic N) is 4. The van der Waals surface area contributed by atoms with Crippen molar-refractivity contribution in [1.29, 1.82) is 0 Å². The van der Waals surface area contributed by atoms with Gasteiger partial charge in [0.05, 0.1) is 31.7 Å². The SMILES string of the molecule is CC/C=C/C/C=C/C/C=C/CC(O)/C=C/C1C(=O)CC(O)C1CCC(=O)SCCNC(=O)CCNC(=O)C(O)C(C)(C)COP(=O)(O)OP(=O)(O)OCC1OC(n2cnc3c(N)ncnc32)C(O)C1OP(=O)(O)O. The maximum atomic E-state index is 12.8. The quantitative estimate of drug-likeness (QED) is 0.0293. The normalized spacial score (nSPS) is 24.3. The summed E-state index contributed by atoms with van der Waals surface area (Å²) < 4.78 is 62.5. The van der Waals surface area contributed by atoms with Gasteiger partial charge in [0.15, 0.2) is 22.8 Å². The minimum absolute atomic E-state index is 0.0166. The molecule has 2 fully saturated rings. The molecule has 2 aliphatic rings. The minimum Gasteiger partial charge on any atom is -0.392 e. The number of thioether (sulfide) groups is 1. The van der Waals surface area contributed by atoms with Crippen molar-refractivity contribution in [3.05, 3.63) is 61.3 Å². The zero-order valence-electron chi connectivity index (χ0n) is 40.8. The molecule has 31 heteroatoms. The van der Waals surface area contributed by atoms with Crippen molar-refractivity contribution in [1.82, 2.24) is 30.2 Å². The Morgan fingerprint density at radius 3 is 2.32 bits per heavy atom. The van der Waals surface area contributed by atoms with Crippen molar-refractivity contribution in [2.75, 3.05) is 37.8 Å². The summed E-state index contributed by atoms with van der Waals surface area (Å²) in [6, 6.07) is 0. The summed E-state index contributed by atoms with van der Waals surface area (Å²) in [5, 5.41) is 47.3. The monoisotopic (exact) mass is 1130 g/mol. The van der Waals surface area contributed by atoms with Gasteiger partial charge < -0.3 is 61.1 Å². The largest absolute Gasteiger partial charge is 0.481 e. The van der Waals surface area contributed by atoms with Crippen LogP contribution in [0, 0.1) is 17.3 Å². The van der Waals surface area contributed by atoms with Crippen LogP contribution in [0.2, 0.25) is 0 Å². The van der Waals surface area contributed by atoms with Crippen LogP contribution in [-0.4, -0.2) is 151 Å². The van der Waals surface area contributed by atoms with Gasteiger partial charge in [0.1, 0.15) is 42.0 Å². The van der Waals surface area contributed by atoms with Crippen molar-refractivity contribution in [3.63, 3.8) is 0 Å². The highest BCUT2D eigenvalue weighted by Crippen LogP contribution is 2.61. The molecule has 0 radical (unpaired) electrons. The smallest absolute Gasteiger partial charge is 0.392 e. The first-order chi connectivity index (χ1) is 34.7. The van der Waals surface area contributed by atoms with Gasteiger partial charge >= 0.3 is 23.5 Å². The topological polar surface area (TPSA) is 421 Å². The number of hydrogen-bond acceptors (Lipinski definition) is 21. The fourth-order valence-corrected chi connectivity index (χ4v) is 11.0. The number of aliphatic hydroxyl groups excluding tert-OH is 4. The summed E-state index contributed by atoms with van der Waals surface area (Å²) >= 11 is 0.954. The maximum absolute atomic E-state index is 12.8. The lowest BCUT2D eigenvalue weighted by Gasteiger charge is -2.30. The third kappa shape index (κ3) is 20.2. The second-order valence-corrected chi connectivity index (χ2v) is 23.1. The molecule has 1 aliphatic carbocycles.